The second-order valence-corrected chi connectivity index (χ2v) is 4.50. The lowest BCUT2D eigenvalue weighted by Gasteiger charge is -2.02. The summed E-state index contributed by atoms with van der Waals surface area (Å²) in [6.07, 6.45) is 1.78. The number of imidazole rings is 1. The molecule has 1 aromatic carbocycles. The molecule has 0 saturated heterocycles. The predicted octanol–water partition coefficient (Wildman–Crippen LogP) is 2.82. The van der Waals surface area contributed by atoms with E-state index in [-0.39, 0.29) is 0 Å². The van der Waals surface area contributed by atoms with Crippen LogP contribution in [-0.2, 0) is 7.05 Å². The number of hydrogen-bond donors (Lipinski definition) is 0. The number of aromatic nitrogens is 3. The van der Waals surface area contributed by atoms with Crippen molar-refractivity contribution in [3.63, 3.8) is 0 Å². The molecule has 0 unspecified atom stereocenters. The van der Waals surface area contributed by atoms with E-state index in [9.17, 15) is 0 Å². The summed E-state index contributed by atoms with van der Waals surface area (Å²) in [6, 6.07) is 11.6. The van der Waals surface area contributed by atoms with Crippen molar-refractivity contribution in [3.8, 4) is 17.5 Å². The summed E-state index contributed by atoms with van der Waals surface area (Å²) in [5.41, 5.74) is 4.48. The summed E-state index contributed by atoms with van der Waals surface area (Å²) in [6.45, 7) is 1.96. The van der Waals surface area contributed by atoms with Crippen molar-refractivity contribution in [3.05, 3.63) is 47.8 Å². The Kier molecular flexibility index (Phi) is 2.53. The maximum atomic E-state index is 8.93. The highest BCUT2D eigenvalue weighted by Crippen LogP contribution is 2.24. The Morgan fingerprint density at radius 1 is 1.21 bits per heavy atom. The second kappa shape index (κ2) is 4.21. The van der Waals surface area contributed by atoms with Gasteiger partial charge in [0.25, 0.3) is 0 Å². The van der Waals surface area contributed by atoms with Crippen molar-refractivity contribution < 1.29 is 0 Å². The maximum Gasteiger partial charge on any atom is 0.140 e. The molecule has 0 aliphatic carbocycles. The van der Waals surface area contributed by atoms with Gasteiger partial charge in [-0.05, 0) is 37.3 Å². The summed E-state index contributed by atoms with van der Waals surface area (Å²) >= 11 is 0. The van der Waals surface area contributed by atoms with E-state index in [1.165, 1.54) is 0 Å². The summed E-state index contributed by atoms with van der Waals surface area (Å²) in [4.78, 5) is 8.81. The van der Waals surface area contributed by atoms with Gasteiger partial charge in [-0.25, -0.2) is 4.98 Å². The monoisotopic (exact) mass is 248 g/mol. The van der Waals surface area contributed by atoms with Crippen molar-refractivity contribution in [1.29, 1.82) is 5.26 Å². The van der Waals surface area contributed by atoms with Crippen LogP contribution in [0.4, 0.5) is 0 Å². The Balaban J connectivity index is 2.25. The van der Waals surface area contributed by atoms with E-state index in [4.69, 9.17) is 5.26 Å². The summed E-state index contributed by atoms with van der Waals surface area (Å²) in [5, 5.41) is 8.93. The maximum absolute atomic E-state index is 8.93. The zero-order chi connectivity index (χ0) is 13.4. The first kappa shape index (κ1) is 11.4. The first-order chi connectivity index (χ1) is 9.19. The van der Waals surface area contributed by atoms with Crippen LogP contribution in [0, 0.1) is 18.3 Å². The third-order valence-electron chi connectivity index (χ3n) is 3.16. The average molecular weight is 248 g/mol. The lowest BCUT2D eigenvalue weighted by molar-refractivity contribution is 0.957. The molecule has 0 fully saturated rings. The summed E-state index contributed by atoms with van der Waals surface area (Å²) < 4.78 is 2.03. The van der Waals surface area contributed by atoms with Crippen molar-refractivity contribution in [2.24, 2.45) is 7.05 Å². The van der Waals surface area contributed by atoms with Gasteiger partial charge < -0.3 is 4.57 Å². The van der Waals surface area contributed by atoms with Gasteiger partial charge in [0.05, 0.1) is 22.7 Å². The number of nitriles is 1. The van der Waals surface area contributed by atoms with Gasteiger partial charge in [0, 0.05) is 24.5 Å². The molecule has 3 aromatic rings. The third kappa shape index (κ3) is 1.85. The van der Waals surface area contributed by atoms with Gasteiger partial charge in [-0.2, -0.15) is 5.26 Å². The summed E-state index contributed by atoms with van der Waals surface area (Å²) in [7, 11) is 1.98. The minimum Gasteiger partial charge on any atom is -0.327 e. The molecule has 0 aliphatic rings. The van der Waals surface area contributed by atoms with E-state index < -0.39 is 0 Å². The molecule has 0 bridgehead atoms. The van der Waals surface area contributed by atoms with E-state index in [0.717, 1.165) is 28.1 Å². The number of aryl methyl sites for hydroxylation is 2. The van der Waals surface area contributed by atoms with Gasteiger partial charge in [-0.1, -0.05) is 0 Å². The van der Waals surface area contributed by atoms with Gasteiger partial charge in [0.1, 0.15) is 5.82 Å². The Labute approximate surface area is 111 Å². The number of fused-ring (bicyclic) bond motifs is 1. The van der Waals surface area contributed by atoms with Gasteiger partial charge in [0.2, 0.25) is 0 Å². The quantitative estimate of drug-likeness (QED) is 0.665. The molecular formula is C15H12N4. The van der Waals surface area contributed by atoms with Crippen LogP contribution in [0.2, 0.25) is 0 Å². The zero-order valence-corrected chi connectivity index (χ0v) is 10.8. The lowest BCUT2D eigenvalue weighted by Crippen LogP contribution is -1.93. The van der Waals surface area contributed by atoms with Crippen LogP contribution in [0.25, 0.3) is 22.4 Å². The van der Waals surface area contributed by atoms with Crippen LogP contribution in [0.3, 0.4) is 0 Å². The molecule has 2 aromatic heterocycles. The highest BCUT2D eigenvalue weighted by Gasteiger charge is 2.10. The molecule has 0 amide bonds. The fourth-order valence-electron chi connectivity index (χ4n) is 2.21. The van der Waals surface area contributed by atoms with E-state index in [1.807, 2.05) is 48.9 Å². The predicted molar refractivity (Wildman–Crippen MR) is 73.4 cm³/mol. The van der Waals surface area contributed by atoms with Gasteiger partial charge in [-0.15, -0.1) is 0 Å². The Bertz CT molecular complexity index is 809. The van der Waals surface area contributed by atoms with Gasteiger partial charge in [-0.3, -0.25) is 4.98 Å². The Hall–Kier alpha value is -2.67. The molecule has 19 heavy (non-hydrogen) atoms. The fraction of sp³-hybridized carbons (Fsp3) is 0.133. The highest BCUT2D eigenvalue weighted by molar-refractivity contribution is 5.81. The minimum absolute atomic E-state index is 0.628. The van der Waals surface area contributed by atoms with Gasteiger partial charge in [0.15, 0.2) is 0 Å². The van der Waals surface area contributed by atoms with Crippen LogP contribution in [0.1, 0.15) is 11.3 Å². The lowest BCUT2D eigenvalue weighted by atomic mass is 10.2. The first-order valence-electron chi connectivity index (χ1n) is 5.98. The SMILES string of the molecule is Cc1cc(-c2nc3cc(C#N)ccc3n2C)ccn1. The van der Waals surface area contributed by atoms with E-state index in [1.54, 1.807) is 6.20 Å². The first-order valence-corrected chi connectivity index (χ1v) is 5.98. The summed E-state index contributed by atoms with van der Waals surface area (Å²) in [5.74, 6) is 0.885. The molecular weight excluding hydrogens is 236 g/mol. The van der Waals surface area contributed by atoms with Crippen LogP contribution < -0.4 is 0 Å². The van der Waals surface area contributed by atoms with Crippen LogP contribution in [-0.4, -0.2) is 14.5 Å². The molecule has 2 heterocycles. The standard InChI is InChI=1S/C15H12N4/c1-10-7-12(5-6-17-10)15-18-13-8-11(9-16)3-4-14(13)19(15)2/h3-8H,1-2H3. The second-order valence-electron chi connectivity index (χ2n) is 4.50. The van der Waals surface area contributed by atoms with Crippen molar-refractivity contribution >= 4 is 11.0 Å². The molecule has 0 aliphatic heterocycles. The van der Waals surface area contributed by atoms with Crippen LogP contribution >= 0.6 is 0 Å². The molecule has 4 nitrogen and oxygen atoms in total. The third-order valence-corrected chi connectivity index (χ3v) is 3.16. The average Bonchev–Trinajstić information content (AvgIpc) is 2.75. The Morgan fingerprint density at radius 2 is 2.05 bits per heavy atom. The Morgan fingerprint density at radius 3 is 2.79 bits per heavy atom. The van der Waals surface area contributed by atoms with E-state index in [2.05, 4.69) is 16.0 Å². The number of hydrogen-bond acceptors (Lipinski definition) is 3. The normalized spacial score (nSPS) is 10.6. The van der Waals surface area contributed by atoms with Crippen LogP contribution in [0.15, 0.2) is 36.5 Å². The van der Waals surface area contributed by atoms with Crippen molar-refractivity contribution in [2.45, 2.75) is 6.92 Å². The zero-order valence-electron chi connectivity index (χ0n) is 10.8. The minimum atomic E-state index is 0.628. The smallest absolute Gasteiger partial charge is 0.140 e. The van der Waals surface area contributed by atoms with Crippen molar-refractivity contribution in [1.82, 2.24) is 14.5 Å². The number of rotatable bonds is 1. The fourth-order valence-corrected chi connectivity index (χ4v) is 2.21. The van der Waals surface area contributed by atoms with Crippen molar-refractivity contribution in [2.75, 3.05) is 0 Å². The molecule has 0 spiro atoms. The van der Waals surface area contributed by atoms with Gasteiger partial charge >= 0.3 is 0 Å². The number of pyridine rings is 1. The molecule has 0 atom stereocenters. The number of benzene rings is 1. The highest BCUT2D eigenvalue weighted by atomic mass is 15.1. The molecule has 92 valence electrons. The topological polar surface area (TPSA) is 54.5 Å². The molecule has 4 heteroatoms. The van der Waals surface area contributed by atoms with E-state index in [0.29, 0.717) is 5.56 Å². The molecule has 0 N–H and O–H groups in total. The largest absolute Gasteiger partial charge is 0.327 e. The molecule has 0 radical (unpaired) electrons. The number of nitrogens with zero attached hydrogens (tertiary/aromatic N) is 4. The molecule has 3 rings (SSSR count). The van der Waals surface area contributed by atoms with E-state index >= 15 is 0 Å². The molecule has 0 saturated carbocycles. The van der Waals surface area contributed by atoms with Crippen LogP contribution in [0.5, 0.6) is 0 Å².